The molecule has 3 N–H and O–H groups in total. The molecule has 0 spiro atoms. The number of hydrazone groups is 1. The molecule has 0 aliphatic carbocycles. The van der Waals surface area contributed by atoms with Gasteiger partial charge in [0.05, 0.1) is 13.3 Å². The fraction of sp³-hybridized carbons (Fsp3) is 0.0667. The van der Waals surface area contributed by atoms with Crippen LogP contribution >= 0.6 is 0 Å². The summed E-state index contributed by atoms with van der Waals surface area (Å²) >= 11 is 0. The predicted octanol–water partition coefficient (Wildman–Crippen LogP) is 0.874. The number of anilines is 1. The van der Waals surface area contributed by atoms with E-state index in [-0.39, 0.29) is 17.0 Å². The molecule has 0 aliphatic heterocycles. The molecule has 128 valence electrons. The average Bonchev–Trinajstić information content (AvgIpc) is 2.63. The van der Waals surface area contributed by atoms with Crippen molar-refractivity contribution >= 4 is 29.4 Å². The Balaban J connectivity index is 2.16. The van der Waals surface area contributed by atoms with Gasteiger partial charge in [-0.05, 0) is 12.1 Å². The Hall–Kier alpha value is -3.82. The van der Waals surface area contributed by atoms with Crippen molar-refractivity contribution in [2.75, 3.05) is 12.4 Å². The topological polar surface area (TPSA) is 143 Å². The number of carbonyl (C=O) groups excluding carboxylic acids is 2. The SMILES string of the molecule is COC(=O)Nc1ccc(/C(=N/NC(=O)c2cnccn2)C(=O)O)cc1. The zero-order chi connectivity index (χ0) is 18.2. The maximum atomic E-state index is 11.8. The summed E-state index contributed by atoms with van der Waals surface area (Å²) in [4.78, 5) is 41.8. The van der Waals surface area contributed by atoms with Crippen molar-refractivity contribution in [1.29, 1.82) is 0 Å². The van der Waals surface area contributed by atoms with Gasteiger partial charge in [0, 0.05) is 23.6 Å². The van der Waals surface area contributed by atoms with E-state index in [0.29, 0.717) is 5.69 Å². The van der Waals surface area contributed by atoms with Crippen molar-refractivity contribution in [3.8, 4) is 0 Å². The number of hydrogen-bond donors (Lipinski definition) is 3. The summed E-state index contributed by atoms with van der Waals surface area (Å²) < 4.78 is 4.45. The van der Waals surface area contributed by atoms with Gasteiger partial charge in [-0.25, -0.2) is 20.0 Å². The number of benzene rings is 1. The largest absolute Gasteiger partial charge is 0.476 e. The number of carboxylic acid groups (broad SMARTS) is 1. The number of aromatic nitrogens is 2. The lowest BCUT2D eigenvalue weighted by molar-refractivity contribution is -0.129. The van der Waals surface area contributed by atoms with Crippen LogP contribution in [-0.2, 0) is 9.53 Å². The molecule has 0 unspecified atom stereocenters. The number of hydrogen-bond acceptors (Lipinski definition) is 7. The quantitative estimate of drug-likeness (QED) is 0.540. The highest BCUT2D eigenvalue weighted by molar-refractivity contribution is 6.42. The lowest BCUT2D eigenvalue weighted by atomic mass is 10.1. The van der Waals surface area contributed by atoms with E-state index in [1.807, 2.05) is 0 Å². The number of aliphatic carboxylic acids is 1. The molecule has 0 radical (unpaired) electrons. The third kappa shape index (κ3) is 4.82. The second-order valence-electron chi connectivity index (χ2n) is 4.49. The maximum absolute atomic E-state index is 11.8. The molecule has 0 aliphatic rings. The van der Waals surface area contributed by atoms with Gasteiger partial charge in [-0.1, -0.05) is 12.1 Å². The van der Waals surface area contributed by atoms with E-state index in [2.05, 4.69) is 30.5 Å². The number of amides is 2. The Labute approximate surface area is 141 Å². The molecule has 0 bridgehead atoms. The monoisotopic (exact) mass is 343 g/mol. The van der Waals surface area contributed by atoms with Crippen molar-refractivity contribution in [3.05, 3.63) is 54.1 Å². The van der Waals surface area contributed by atoms with Crippen LogP contribution in [0.1, 0.15) is 16.1 Å². The maximum Gasteiger partial charge on any atom is 0.411 e. The van der Waals surface area contributed by atoms with E-state index in [1.165, 1.54) is 50.0 Å². The number of rotatable bonds is 5. The molecule has 10 heteroatoms. The summed E-state index contributed by atoms with van der Waals surface area (Å²) in [5.41, 5.74) is 2.35. The van der Waals surface area contributed by atoms with Crippen LogP contribution in [0.3, 0.4) is 0 Å². The van der Waals surface area contributed by atoms with Crippen LogP contribution in [0.2, 0.25) is 0 Å². The predicted molar refractivity (Wildman–Crippen MR) is 86.1 cm³/mol. The van der Waals surface area contributed by atoms with Crippen LogP contribution in [0.25, 0.3) is 0 Å². The fourth-order valence-electron chi connectivity index (χ4n) is 1.70. The minimum Gasteiger partial charge on any atom is -0.476 e. The van der Waals surface area contributed by atoms with E-state index >= 15 is 0 Å². The molecule has 0 saturated carbocycles. The lowest BCUT2D eigenvalue weighted by Gasteiger charge is -2.06. The first kappa shape index (κ1) is 17.5. The molecule has 2 rings (SSSR count). The minimum atomic E-state index is -1.34. The summed E-state index contributed by atoms with van der Waals surface area (Å²) in [6.45, 7) is 0. The van der Waals surface area contributed by atoms with Gasteiger partial charge in [0.15, 0.2) is 5.71 Å². The molecule has 0 fully saturated rings. The summed E-state index contributed by atoms with van der Waals surface area (Å²) in [5, 5.41) is 15.3. The molecule has 2 amide bonds. The lowest BCUT2D eigenvalue weighted by Crippen LogP contribution is -2.24. The number of methoxy groups -OCH3 is 1. The van der Waals surface area contributed by atoms with E-state index in [4.69, 9.17) is 0 Å². The molecule has 0 atom stereocenters. The van der Waals surface area contributed by atoms with Crippen molar-refractivity contribution in [1.82, 2.24) is 15.4 Å². The summed E-state index contributed by atoms with van der Waals surface area (Å²) in [6, 6.07) is 5.78. The van der Waals surface area contributed by atoms with Crippen molar-refractivity contribution in [2.24, 2.45) is 5.10 Å². The molecular formula is C15H13N5O5. The first-order valence-electron chi connectivity index (χ1n) is 6.84. The number of ether oxygens (including phenoxy) is 1. The second kappa shape index (κ2) is 8.15. The molecule has 1 aromatic heterocycles. The summed E-state index contributed by atoms with van der Waals surface area (Å²) in [5.74, 6) is -2.04. The molecule has 25 heavy (non-hydrogen) atoms. The van der Waals surface area contributed by atoms with E-state index in [0.717, 1.165) is 0 Å². The highest BCUT2D eigenvalue weighted by Gasteiger charge is 2.15. The summed E-state index contributed by atoms with van der Waals surface area (Å²) in [6.07, 6.45) is 3.28. The van der Waals surface area contributed by atoms with Gasteiger partial charge in [-0.3, -0.25) is 15.1 Å². The standard InChI is InChI=1S/C15H13N5O5/c1-25-15(24)18-10-4-2-9(3-5-10)12(14(22)23)19-20-13(21)11-8-16-6-7-17-11/h2-8H,1H3,(H,18,24)(H,20,21)(H,22,23)/b19-12-. The van der Waals surface area contributed by atoms with Crippen LogP contribution in [0.5, 0.6) is 0 Å². The third-order valence-corrected chi connectivity index (χ3v) is 2.86. The van der Waals surface area contributed by atoms with Gasteiger partial charge < -0.3 is 9.84 Å². The molecule has 1 aromatic carbocycles. The zero-order valence-electron chi connectivity index (χ0n) is 13.0. The number of nitrogens with zero attached hydrogens (tertiary/aromatic N) is 3. The Morgan fingerprint density at radius 3 is 2.44 bits per heavy atom. The highest BCUT2D eigenvalue weighted by Crippen LogP contribution is 2.11. The van der Waals surface area contributed by atoms with E-state index < -0.39 is 18.0 Å². The van der Waals surface area contributed by atoms with Crippen molar-refractivity contribution in [3.63, 3.8) is 0 Å². The van der Waals surface area contributed by atoms with Crippen LogP contribution < -0.4 is 10.7 Å². The second-order valence-corrected chi connectivity index (χ2v) is 4.49. The number of carbonyl (C=O) groups is 3. The number of nitrogens with one attached hydrogen (secondary N) is 2. The van der Waals surface area contributed by atoms with Gasteiger partial charge >= 0.3 is 12.1 Å². The Morgan fingerprint density at radius 2 is 1.88 bits per heavy atom. The van der Waals surface area contributed by atoms with Crippen LogP contribution in [0.4, 0.5) is 10.5 Å². The normalized spacial score (nSPS) is 10.7. The Kier molecular flexibility index (Phi) is 5.72. The van der Waals surface area contributed by atoms with Gasteiger partial charge in [0.25, 0.3) is 5.91 Å². The molecule has 2 aromatic rings. The summed E-state index contributed by atoms with van der Waals surface area (Å²) in [7, 11) is 1.22. The van der Waals surface area contributed by atoms with E-state index in [9.17, 15) is 19.5 Å². The Morgan fingerprint density at radius 1 is 1.16 bits per heavy atom. The average molecular weight is 343 g/mol. The van der Waals surface area contributed by atoms with Crippen LogP contribution in [-0.4, -0.2) is 45.9 Å². The molecule has 0 saturated heterocycles. The molecular weight excluding hydrogens is 330 g/mol. The van der Waals surface area contributed by atoms with Gasteiger partial charge in [0.1, 0.15) is 5.69 Å². The van der Waals surface area contributed by atoms with Crippen LogP contribution in [0.15, 0.2) is 48.0 Å². The first-order chi connectivity index (χ1) is 12.0. The van der Waals surface area contributed by atoms with Crippen molar-refractivity contribution in [2.45, 2.75) is 0 Å². The fourth-order valence-corrected chi connectivity index (χ4v) is 1.70. The third-order valence-electron chi connectivity index (χ3n) is 2.86. The minimum absolute atomic E-state index is 0.00591. The van der Waals surface area contributed by atoms with Gasteiger partial charge in [-0.2, -0.15) is 5.10 Å². The first-order valence-corrected chi connectivity index (χ1v) is 6.84. The van der Waals surface area contributed by atoms with Crippen molar-refractivity contribution < 1.29 is 24.2 Å². The molecule has 1 heterocycles. The van der Waals surface area contributed by atoms with Gasteiger partial charge in [0.2, 0.25) is 0 Å². The Bertz CT molecular complexity index is 805. The number of carboxylic acids is 1. The zero-order valence-corrected chi connectivity index (χ0v) is 13.0. The van der Waals surface area contributed by atoms with Gasteiger partial charge in [-0.15, -0.1) is 0 Å². The van der Waals surface area contributed by atoms with E-state index in [1.54, 1.807) is 0 Å². The molecule has 10 nitrogen and oxygen atoms in total. The highest BCUT2D eigenvalue weighted by atomic mass is 16.5. The van der Waals surface area contributed by atoms with Crippen LogP contribution in [0, 0.1) is 0 Å². The smallest absolute Gasteiger partial charge is 0.411 e.